The Kier molecular flexibility index (Phi) is 4.99. The van der Waals surface area contributed by atoms with E-state index < -0.39 is 0 Å². The molecule has 3 heteroatoms. The van der Waals surface area contributed by atoms with Gasteiger partial charge >= 0.3 is 0 Å². The van der Waals surface area contributed by atoms with Crippen molar-refractivity contribution < 1.29 is 9.47 Å². The summed E-state index contributed by atoms with van der Waals surface area (Å²) in [5, 5.41) is 0. The normalized spacial score (nSPS) is 10.3. The summed E-state index contributed by atoms with van der Waals surface area (Å²) in [5.41, 5.74) is 3.24. The standard InChI is InChI=1S/C17H21NO2/c1-4-13-10-17(20-6-3)15(11-16(13)19-5-2)14-8-7-9-18-12-14/h7-12H,4-6H2,1-3H3. The maximum absolute atomic E-state index is 5.78. The predicted octanol–water partition coefficient (Wildman–Crippen LogP) is 4.11. The Balaban J connectivity index is 2.54. The van der Waals surface area contributed by atoms with Gasteiger partial charge in [0.2, 0.25) is 0 Å². The van der Waals surface area contributed by atoms with Gasteiger partial charge in [0.1, 0.15) is 11.5 Å². The Hall–Kier alpha value is -2.03. The van der Waals surface area contributed by atoms with Crippen LogP contribution in [-0.4, -0.2) is 18.2 Å². The van der Waals surface area contributed by atoms with E-state index in [4.69, 9.17) is 9.47 Å². The molecule has 3 nitrogen and oxygen atoms in total. The summed E-state index contributed by atoms with van der Waals surface area (Å²) in [6.07, 6.45) is 4.54. The third-order valence-corrected chi connectivity index (χ3v) is 3.12. The first-order chi connectivity index (χ1) is 9.80. The fraction of sp³-hybridized carbons (Fsp3) is 0.353. The van der Waals surface area contributed by atoms with Gasteiger partial charge < -0.3 is 9.47 Å². The van der Waals surface area contributed by atoms with Gasteiger partial charge in [0, 0.05) is 23.5 Å². The van der Waals surface area contributed by atoms with Gasteiger partial charge in [-0.3, -0.25) is 4.98 Å². The van der Waals surface area contributed by atoms with Crippen molar-refractivity contribution in [1.82, 2.24) is 4.98 Å². The Morgan fingerprint density at radius 3 is 2.35 bits per heavy atom. The maximum atomic E-state index is 5.78. The minimum Gasteiger partial charge on any atom is -0.494 e. The molecule has 0 atom stereocenters. The van der Waals surface area contributed by atoms with Crippen LogP contribution in [0.2, 0.25) is 0 Å². The second-order valence-electron chi connectivity index (χ2n) is 4.42. The van der Waals surface area contributed by atoms with E-state index >= 15 is 0 Å². The van der Waals surface area contributed by atoms with Crippen LogP contribution in [0.5, 0.6) is 11.5 Å². The highest BCUT2D eigenvalue weighted by Gasteiger charge is 2.12. The van der Waals surface area contributed by atoms with Crippen LogP contribution in [0.4, 0.5) is 0 Å². The number of ether oxygens (including phenoxy) is 2. The van der Waals surface area contributed by atoms with E-state index in [1.807, 2.05) is 32.2 Å². The third-order valence-electron chi connectivity index (χ3n) is 3.12. The summed E-state index contributed by atoms with van der Waals surface area (Å²) in [6, 6.07) is 8.10. The lowest BCUT2D eigenvalue weighted by molar-refractivity contribution is 0.328. The van der Waals surface area contributed by atoms with Crippen molar-refractivity contribution in [3.8, 4) is 22.6 Å². The molecule has 0 unspecified atom stereocenters. The highest BCUT2D eigenvalue weighted by atomic mass is 16.5. The number of hydrogen-bond donors (Lipinski definition) is 0. The molecule has 1 heterocycles. The first kappa shape index (κ1) is 14.4. The van der Waals surface area contributed by atoms with Gasteiger partial charge in [-0.1, -0.05) is 13.0 Å². The number of benzene rings is 1. The van der Waals surface area contributed by atoms with Crippen molar-refractivity contribution >= 4 is 0 Å². The summed E-state index contributed by atoms with van der Waals surface area (Å²) >= 11 is 0. The zero-order chi connectivity index (χ0) is 14.4. The van der Waals surface area contributed by atoms with Crippen LogP contribution in [0.25, 0.3) is 11.1 Å². The van der Waals surface area contributed by atoms with Gasteiger partial charge in [0.05, 0.1) is 13.2 Å². The number of nitrogens with zero attached hydrogens (tertiary/aromatic N) is 1. The monoisotopic (exact) mass is 271 g/mol. The van der Waals surface area contributed by atoms with Crippen LogP contribution in [0.1, 0.15) is 26.3 Å². The number of rotatable bonds is 6. The molecular weight excluding hydrogens is 250 g/mol. The summed E-state index contributed by atoms with van der Waals surface area (Å²) in [7, 11) is 0. The molecule has 0 amide bonds. The molecule has 0 aliphatic carbocycles. The number of pyridine rings is 1. The predicted molar refractivity (Wildman–Crippen MR) is 81.4 cm³/mol. The molecular formula is C17H21NO2. The van der Waals surface area contributed by atoms with Crippen molar-refractivity contribution in [3.05, 3.63) is 42.2 Å². The second kappa shape index (κ2) is 6.94. The summed E-state index contributed by atoms with van der Waals surface area (Å²) in [5.74, 6) is 1.82. The van der Waals surface area contributed by atoms with Gasteiger partial charge in [0.15, 0.2) is 0 Å². The van der Waals surface area contributed by atoms with E-state index in [1.54, 1.807) is 6.20 Å². The van der Waals surface area contributed by atoms with Gasteiger partial charge in [-0.15, -0.1) is 0 Å². The molecule has 0 fully saturated rings. The zero-order valence-corrected chi connectivity index (χ0v) is 12.3. The summed E-state index contributed by atoms with van der Waals surface area (Å²) < 4.78 is 11.5. The molecule has 0 radical (unpaired) electrons. The van der Waals surface area contributed by atoms with Crippen LogP contribution in [0.15, 0.2) is 36.7 Å². The Morgan fingerprint density at radius 1 is 1.00 bits per heavy atom. The van der Waals surface area contributed by atoms with Crippen molar-refractivity contribution in [3.63, 3.8) is 0 Å². The lowest BCUT2D eigenvalue weighted by Crippen LogP contribution is -2.00. The molecule has 2 aromatic rings. The SMILES string of the molecule is CCOc1cc(-c2cccnc2)c(OCC)cc1CC. The van der Waals surface area contributed by atoms with Crippen molar-refractivity contribution in [2.24, 2.45) is 0 Å². The molecule has 2 rings (SSSR count). The third kappa shape index (κ3) is 3.10. The van der Waals surface area contributed by atoms with Gasteiger partial charge in [-0.2, -0.15) is 0 Å². The van der Waals surface area contributed by atoms with Crippen LogP contribution >= 0.6 is 0 Å². The number of aromatic nitrogens is 1. The van der Waals surface area contributed by atoms with Gasteiger partial charge in [-0.25, -0.2) is 0 Å². The first-order valence-corrected chi connectivity index (χ1v) is 7.13. The smallest absolute Gasteiger partial charge is 0.127 e. The quantitative estimate of drug-likeness (QED) is 0.792. The van der Waals surface area contributed by atoms with Crippen molar-refractivity contribution in [2.75, 3.05) is 13.2 Å². The van der Waals surface area contributed by atoms with E-state index in [2.05, 4.69) is 24.0 Å². The number of aryl methyl sites for hydroxylation is 1. The number of hydrogen-bond acceptors (Lipinski definition) is 3. The minimum absolute atomic E-state index is 0.643. The van der Waals surface area contributed by atoms with Gasteiger partial charge in [-0.05, 0) is 44.0 Å². The van der Waals surface area contributed by atoms with Crippen LogP contribution in [0.3, 0.4) is 0 Å². The Labute approximate surface area is 120 Å². The highest BCUT2D eigenvalue weighted by molar-refractivity contribution is 5.72. The van der Waals surface area contributed by atoms with Crippen LogP contribution in [-0.2, 0) is 6.42 Å². The molecule has 0 spiro atoms. The lowest BCUT2D eigenvalue weighted by Gasteiger charge is -2.16. The molecule has 1 aromatic carbocycles. The average molecular weight is 271 g/mol. The molecule has 20 heavy (non-hydrogen) atoms. The van der Waals surface area contributed by atoms with E-state index in [-0.39, 0.29) is 0 Å². The fourth-order valence-corrected chi connectivity index (χ4v) is 2.19. The average Bonchev–Trinajstić information content (AvgIpc) is 2.49. The Morgan fingerprint density at radius 2 is 1.75 bits per heavy atom. The summed E-state index contributed by atoms with van der Waals surface area (Å²) in [4.78, 5) is 4.18. The fourth-order valence-electron chi connectivity index (χ4n) is 2.19. The molecule has 0 saturated carbocycles. The van der Waals surface area contributed by atoms with Crippen LogP contribution in [0, 0.1) is 0 Å². The molecule has 0 aliphatic rings. The molecule has 0 aliphatic heterocycles. The first-order valence-electron chi connectivity index (χ1n) is 7.13. The molecule has 1 aromatic heterocycles. The van der Waals surface area contributed by atoms with Gasteiger partial charge in [0.25, 0.3) is 0 Å². The summed E-state index contributed by atoms with van der Waals surface area (Å²) in [6.45, 7) is 7.42. The van der Waals surface area contributed by atoms with E-state index in [0.29, 0.717) is 13.2 Å². The second-order valence-corrected chi connectivity index (χ2v) is 4.42. The maximum Gasteiger partial charge on any atom is 0.127 e. The topological polar surface area (TPSA) is 31.4 Å². The van der Waals surface area contributed by atoms with E-state index in [1.165, 1.54) is 5.56 Å². The highest BCUT2D eigenvalue weighted by Crippen LogP contribution is 2.36. The van der Waals surface area contributed by atoms with E-state index in [9.17, 15) is 0 Å². The Bertz CT molecular complexity index is 552. The molecule has 0 bridgehead atoms. The minimum atomic E-state index is 0.643. The molecule has 0 N–H and O–H groups in total. The lowest BCUT2D eigenvalue weighted by atomic mass is 10.0. The largest absolute Gasteiger partial charge is 0.494 e. The van der Waals surface area contributed by atoms with E-state index in [0.717, 1.165) is 29.0 Å². The molecule has 106 valence electrons. The molecule has 0 saturated heterocycles. The van der Waals surface area contributed by atoms with Crippen molar-refractivity contribution in [1.29, 1.82) is 0 Å². The zero-order valence-electron chi connectivity index (χ0n) is 12.3. The van der Waals surface area contributed by atoms with Crippen molar-refractivity contribution in [2.45, 2.75) is 27.2 Å². The van der Waals surface area contributed by atoms with Crippen LogP contribution < -0.4 is 9.47 Å².